The SMILES string of the molecule is NCc1ccc(F)c(S(=O)(=O)NCCN2CCCCC2)c1. The molecule has 0 aromatic heterocycles. The number of hydrogen-bond donors (Lipinski definition) is 2. The van der Waals surface area contributed by atoms with Gasteiger partial charge >= 0.3 is 0 Å². The van der Waals surface area contributed by atoms with Gasteiger partial charge in [0.1, 0.15) is 10.7 Å². The molecule has 0 spiro atoms. The fourth-order valence-corrected chi connectivity index (χ4v) is 3.63. The largest absolute Gasteiger partial charge is 0.326 e. The van der Waals surface area contributed by atoms with E-state index in [4.69, 9.17) is 5.73 Å². The van der Waals surface area contributed by atoms with Gasteiger partial charge in [0.15, 0.2) is 0 Å². The second-order valence-electron chi connectivity index (χ2n) is 5.27. The quantitative estimate of drug-likeness (QED) is 0.823. The summed E-state index contributed by atoms with van der Waals surface area (Å²) in [5.74, 6) is -0.752. The lowest BCUT2D eigenvalue weighted by Crippen LogP contribution is -2.37. The zero-order chi connectivity index (χ0) is 15.3. The van der Waals surface area contributed by atoms with E-state index in [1.165, 1.54) is 18.6 Å². The molecule has 0 bridgehead atoms. The number of rotatable bonds is 6. The minimum atomic E-state index is -3.83. The van der Waals surface area contributed by atoms with Gasteiger partial charge in [-0.3, -0.25) is 0 Å². The van der Waals surface area contributed by atoms with Crippen LogP contribution in [0.4, 0.5) is 4.39 Å². The molecule has 0 radical (unpaired) electrons. The van der Waals surface area contributed by atoms with Crippen molar-refractivity contribution in [3.05, 3.63) is 29.6 Å². The molecular weight excluding hydrogens is 293 g/mol. The lowest BCUT2D eigenvalue weighted by molar-refractivity contribution is 0.232. The summed E-state index contributed by atoms with van der Waals surface area (Å²) in [6.07, 6.45) is 3.54. The number of benzene rings is 1. The summed E-state index contributed by atoms with van der Waals surface area (Å²) in [6.45, 7) is 3.11. The van der Waals surface area contributed by atoms with Crippen LogP contribution >= 0.6 is 0 Å². The maximum atomic E-state index is 13.7. The third kappa shape index (κ3) is 4.47. The Balaban J connectivity index is 1.97. The third-order valence-corrected chi connectivity index (χ3v) is 5.17. The van der Waals surface area contributed by atoms with Crippen LogP contribution in [-0.2, 0) is 16.6 Å². The highest BCUT2D eigenvalue weighted by Crippen LogP contribution is 2.16. The van der Waals surface area contributed by atoms with E-state index in [2.05, 4.69) is 9.62 Å². The topological polar surface area (TPSA) is 75.4 Å². The van der Waals surface area contributed by atoms with Gasteiger partial charge in [0.2, 0.25) is 10.0 Å². The lowest BCUT2D eigenvalue weighted by Gasteiger charge is -2.26. The average molecular weight is 315 g/mol. The standard InChI is InChI=1S/C14H22FN3O2S/c15-13-5-4-12(11-16)10-14(13)21(19,20)17-6-9-18-7-2-1-3-8-18/h4-5,10,17H,1-3,6-9,11,16H2. The first kappa shape index (κ1) is 16.4. The summed E-state index contributed by atoms with van der Waals surface area (Å²) in [6, 6.07) is 3.92. The molecule has 1 aromatic rings. The molecule has 0 amide bonds. The zero-order valence-corrected chi connectivity index (χ0v) is 12.8. The zero-order valence-electron chi connectivity index (χ0n) is 12.0. The second-order valence-corrected chi connectivity index (χ2v) is 7.00. The molecule has 5 nitrogen and oxygen atoms in total. The van der Waals surface area contributed by atoms with E-state index in [0.717, 1.165) is 32.0 Å². The number of nitrogens with zero attached hydrogens (tertiary/aromatic N) is 1. The summed E-state index contributed by atoms with van der Waals surface area (Å²) >= 11 is 0. The second kappa shape index (κ2) is 7.31. The fraction of sp³-hybridized carbons (Fsp3) is 0.571. The van der Waals surface area contributed by atoms with Crippen LogP contribution in [0.25, 0.3) is 0 Å². The Hall–Kier alpha value is -1.02. The van der Waals surface area contributed by atoms with Crippen molar-refractivity contribution in [2.45, 2.75) is 30.7 Å². The highest BCUT2D eigenvalue weighted by Gasteiger charge is 2.19. The molecule has 118 valence electrons. The molecule has 3 N–H and O–H groups in total. The van der Waals surface area contributed by atoms with Crippen molar-refractivity contribution in [3.8, 4) is 0 Å². The van der Waals surface area contributed by atoms with Crippen molar-refractivity contribution in [2.24, 2.45) is 5.73 Å². The number of sulfonamides is 1. The van der Waals surface area contributed by atoms with E-state index in [1.807, 2.05) is 0 Å². The molecule has 1 aromatic carbocycles. The van der Waals surface area contributed by atoms with Crippen LogP contribution in [0.15, 0.2) is 23.1 Å². The number of hydrogen-bond acceptors (Lipinski definition) is 4. The van der Waals surface area contributed by atoms with Crippen LogP contribution < -0.4 is 10.5 Å². The van der Waals surface area contributed by atoms with Gasteiger partial charge in [-0.1, -0.05) is 12.5 Å². The van der Waals surface area contributed by atoms with E-state index >= 15 is 0 Å². The van der Waals surface area contributed by atoms with Crippen LogP contribution in [0.5, 0.6) is 0 Å². The van der Waals surface area contributed by atoms with Gasteiger partial charge in [0, 0.05) is 19.6 Å². The molecular formula is C14H22FN3O2S. The first-order valence-electron chi connectivity index (χ1n) is 7.23. The fourth-order valence-electron chi connectivity index (χ4n) is 2.48. The van der Waals surface area contributed by atoms with Crippen molar-refractivity contribution < 1.29 is 12.8 Å². The van der Waals surface area contributed by atoms with Crippen LogP contribution in [0.2, 0.25) is 0 Å². The van der Waals surface area contributed by atoms with Gasteiger partial charge in [-0.15, -0.1) is 0 Å². The van der Waals surface area contributed by atoms with Gasteiger partial charge < -0.3 is 10.6 Å². The Kier molecular flexibility index (Phi) is 5.69. The monoisotopic (exact) mass is 315 g/mol. The molecule has 21 heavy (non-hydrogen) atoms. The molecule has 1 fully saturated rings. The first-order chi connectivity index (χ1) is 10.0. The van der Waals surface area contributed by atoms with Crippen LogP contribution in [0.3, 0.4) is 0 Å². The predicted molar refractivity (Wildman–Crippen MR) is 79.8 cm³/mol. The summed E-state index contributed by atoms with van der Waals surface area (Å²) in [5, 5.41) is 0. The van der Waals surface area contributed by atoms with Gasteiger partial charge in [-0.25, -0.2) is 17.5 Å². The summed E-state index contributed by atoms with van der Waals surface area (Å²) in [5.41, 5.74) is 6.06. The van der Waals surface area contributed by atoms with E-state index in [0.29, 0.717) is 12.1 Å². The van der Waals surface area contributed by atoms with Gasteiger partial charge in [0.05, 0.1) is 0 Å². The van der Waals surface area contributed by atoms with E-state index in [9.17, 15) is 12.8 Å². The average Bonchev–Trinajstić information content (AvgIpc) is 2.48. The molecule has 0 saturated carbocycles. The predicted octanol–water partition coefficient (Wildman–Crippen LogP) is 1.05. The van der Waals surface area contributed by atoms with E-state index in [1.54, 1.807) is 0 Å². The summed E-state index contributed by atoms with van der Waals surface area (Å²) < 4.78 is 40.5. The smallest absolute Gasteiger partial charge is 0.243 e. The van der Waals surface area contributed by atoms with E-state index in [-0.39, 0.29) is 18.0 Å². The van der Waals surface area contributed by atoms with Crippen molar-refractivity contribution >= 4 is 10.0 Å². The Morgan fingerprint density at radius 2 is 1.95 bits per heavy atom. The minimum absolute atomic E-state index is 0.177. The Morgan fingerprint density at radius 3 is 2.62 bits per heavy atom. The van der Waals surface area contributed by atoms with Crippen molar-refractivity contribution in [3.63, 3.8) is 0 Å². The minimum Gasteiger partial charge on any atom is -0.326 e. The molecule has 1 aliphatic heterocycles. The molecule has 1 heterocycles. The van der Waals surface area contributed by atoms with Crippen LogP contribution in [-0.4, -0.2) is 39.5 Å². The molecule has 1 aliphatic rings. The Labute approximate surface area is 125 Å². The highest BCUT2D eigenvalue weighted by atomic mass is 32.2. The van der Waals surface area contributed by atoms with Crippen LogP contribution in [0, 0.1) is 5.82 Å². The Morgan fingerprint density at radius 1 is 1.24 bits per heavy atom. The first-order valence-corrected chi connectivity index (χ1v) is 8.72. The van der Waals surface area contributed by atoms with E-state index < -0.39 is 15.8 Å². The number of halogens is 1. The van der Waals surface area contributed by atoms with Crippen molar-refractivity contribution in [2.75, 3.05) is 26.2 Å². The molecule has 0 unspecified atom stereocenters. The molecule has 0 aliphatic carbocycles. The number of likely N-dealkylation sites (tertiary alicyclic amines) is 1. The number of piperidine rings is 1. The van der Waals surface area contributed by atoms with Gasteiger partial charge in [-0.05, 0) is 43.6 Å². The third-order valence-electron chi connectivity index (χ3n) is 3.69. The van der Waals surface area contributed by atoms with Gasteiger partial charge in [-0.2, -0.15) is 0 Å². The lowest BCUT2D eigenvalue weighted by atomic mass is 10.1. The Bertz CT molecular complexity index is 572. The van der Waals surface area contributed by atoms with Crippen LogP contribution in [0.1, 0.15) is 24.8 Å². The maximum absolute atomic E-state index is 13.7. The highest BCUT2D eigenvalue weighted by molar-refractivity contribution is 7.89. The van der Waals surface area contributed by atoms with Crippen molar-refractivity contribution in [1.82, 2.24) is 9.62 Å². The summed E-state index contributed by atoms with van der Waals surface area (Å²) in [7, 11) is -3.83. The molecule has 2 rings (SSSR count). The normalized spacial score (nSPS) is 17.0. The number of nitrogens with two attached hydrogens (primary N) is 1. The number of nitrogens with one attached hydrogen (secondary N) is 1. The van der Waals surface area contributed by atoms with Crippen molar-refractivity contribution in [1.29, 1.82) is 0 Å². The molecule has 1 saturated heterocycles. The summed E-state index contributed by atoms with van der Waals surface area (Å²) in [4.78, 5) is 1.89. The van der Waals surface area contributed by atoms with Gasteiger partial charge in [0.25, 0.3) is 0 Å². The molecule has 7 heteroatoms. The maximum Gasteiger partial charge on any atom is 0.243 e. The molecule has 0 atom stereocenters.